The van der Waals surface area contributed by atoms with E-state index in [-0.39, 0.29) is 5.92 Å². The second kappa shape index (κ2) is 8.06. The molecule has 1 unspecified atom stereocenters. The maximum Gasteiger partial charge on any atom is 0.114 e. The van der Waals surface area contributed by atoms with Crippen LogP contribution < -0.4 is 4.90 Å². The van der Waals surface area contributed by atoms with Gasteiger partial charge in [0.25, 0.3) is 0 Å². The van der Waals surface area contributed by atoms with Gasteiger partial charge in [-0.2, -0.15) is 0 Å². The molecular weight excluding hydrogens is 486 g/mol. The van der Waals surface area contributed by atoms with Gasteiger partial charge in [0.15, 0.2) is 0 Å². The highest BCUT2D eigenvalue weighted by molar-refractivity contribution is 6.04. The average molecular weight is 514 g/mol. The van der Waals surface area contributed by atoms with E-state index in [1.807, 2.05) is 0 Å². The van der Waals surface area contributed by atoms with Gasteiger partial charge in [0, 0.05) is 23.6 Å². The summed E-state index contributed by atoms with van der Waals surface area (Å²) in [5.41, 5.74) is 16.6. The first-order valence-electron chi connectivity index (χ1n) is 14.2. The quantitative estimate of drug-likeness (QED) is 0.240. The van der Waals surface area contributed by atoms with E-state index in [1.165, 1.54) is 61.6 Å². The molecule has 1 atom stereocenters. The molecule has 3 aromatic carbocycles. The number of rotatable bonds is 3. The molecule has 5 aliphatic rings. The normalized spacial score (nSPS) is 19.6. The summed E-state index contributed by atoms with van der Waals surface area (Å²) < 4.78 is 2.45. The molecule has 4 aliphatic carbocycles. The summed E-state index contributed by atoms with van der Waals surface area (Å²) in [6.07, 6.45) is 20.4. The highest BCUT2D eigenvalue weighted by Gasteiger charge is 2.38. The zero-order valence-corrected chi connectivity index (χ0v) is 22.3. The molecular formula is C37H27N3. The summed E-state index contributed by atoms with van der Waals surface area (Å²) in [6.45, 7) is 2.21. The molecule has 3 nitrogen and oxygen atoms in total. The number of aromatic nitrogens is 2. The van der Waals surface area contributed by atoms with Crippen molar-refractivity contribution in [2.24, 2.45) is 5.92 Å². The van der Waals surface area contributed by atoms with Crippen LogP contribution in [0.5, 0.6) is 0 Å². The average Bonchev–Trinajstić information content (AvgIpc) is 3.40. The number of imidazole rings is 1. The Bertz CT molecular complexity index is 2000. The first kappa shape index (κ1) is 22.0. The third kappa shape index (κ3) is 2.82. The van der Waals surface area contributed by atoms with Crippen molar-refractivity contribution in [3.05, 3.63) is 155 Å². The van der Waals surface area contributed by atoms with E-state index in [0.29, 0.717) is 0 Å². The first-order chi connectivity index (χ1) is 19.8. The van der Waals surface area contributed by atoms with E-state index in [2.05, 4.69) is 132 Å². The number of hydrogen-bond acceptors (Lipinski definition) is 2. The van der Waals surface area contributed by atoms with Gasteiger partial charge in [-0.3, -0.25) is 4.57 Å². The number of aryl methyl sites for hydroxylation is 1. The second-order valence-electron chi connectivity index (χ2n) is 11.0. The zero-order chi connectivity index (χ0) is 26.4. The molecule has 1 aliphatic heterocycles. The summed E-state index contributed by atoms with van der Waals surface area (Å²) in [5, 5.41) is 0. The Kier molecular flexibility index (Phi) is 4.43. The lowest BCUT2D eigenvalue weighted by Crippen LogP contribution is -2.24. The fourth-order valence-corrected chi connectivity index (χ4v) is 7.33. The molecule has 0 N–H and O–H groups in total. The Morgan fingerprint density at radius 2 is 1.75 bits per heavy atom. The molecule has 9 rings (SSSR count). The van der Waals surface area contributed by atoms with Crippen molar-refractivity contribution in [3.63, 3.8) is 0 Å². The molecule has 4 aromatic rings. The van der Waals surface area contributed by atoms with E-state index >= 15 is 0 Å². The van der Waals surface area contributed by atoms with Crippen molar-refractivity contribution in [2.45, 2.75) is 19.8 Å². The summed E-state index contributed by atoms with van der Waals surface area (Å²) >= 11 is 0. The lowest BCUT2D eigenvalue weighted by molar-refractivity contribution is 0.841. The Morgan fingerprint density at radius 3 is 2.65 bits per heavy atom. The predicted octanol–water partition coefficient (Wildman–Crippen LogP) is 9.00. The van der Waals surface area contributed by atoms with E-state index in [1.54, 1.807) is 0 Å². The first-order valence-corrected chi connectivity index (χ1v) is 14.2. The minimum atomic E-state index is 0.287. The van der Waals surface area contributed by atoms with Crippen molar-refractivity contribution in [2.75, 3.05) is 4.90 Å². The molecule has 2 heterocycles. The molecule has 3 heteroatoms. The van der Waals surface area contributed by atoms with Crippen molar-refractivity contribution in [1.29, 1.82) is 0 Å². The van der Waals surface area contributed by atoms with Crippen LogP contribution in [0.25, 0.3) is 22.3 Å². The summed E-state index contributed by atoms with van der Waals surface area (Å²) in [6, 6.07) is 24.1. The molecule has 0 fully saturated rings. The zero-order valence-electron chi connectivity index (χ0n) is 22.3. The van der Waals surface area contributed by atoms with Crippen LogP contribution in [0.1, 0.15) is 24.7 Å². The van der Waals surface area contributed by atoms with Crippen molar-refractivity contribution in [3.8, 4) is 5.69 Å². The molecule has 0 spiro atoms. The minimum absolute atomic E-state index is 0.287. The Morgan fingerprint density at radius 1 is 0.875 bits per heavy atom. The number of fused-ring (bicyclic) bond motifs is 2. The maximum atomic E-state index is 5.15. The van der Waals surface area contributed by atoms with E-state index in [0.717, 1.165) is 29.9 Å². The fraction of sp³-hybridized carbons (Fsp3) is 0.108. The van der Waals surface area contributed by atoms with Gasteiger partial charge in [-0.15, -0.1) is 0 Å². The Hall–Kier alpha value is -4.89. The van der Waals surface area contributed by atoms with Gasteiger partial charge in [0.05, 0.1) is 28.1 Å². The smallest absolute Gasteiger partial charge is 0.114 e. The monoisotopic (exact) mass is 513 g/mol. The summed E-state index contributed by atoms with van der Waals surface area (Å²) in [7, 11) is 0. The summed E-state index contributed by atoms with van der Waals surface area (Å²) in [4.78, 5) is 7.57. The number of hydrogen-bond donors (Lipinski definition) is 0. The Balaban J connectivity index is 1.38. The maximum absolute atomic E-state index is 5.15. The van der Waals surface area contributed by atoms with Gasteiger partial charge < -0.3 is 4.90 Å². The van der Waals surface area contributed by atoms with E-state index in [4.69, 9.17) is 4.98 Å². The van der Waals surface area contributed by atoms with Gasteiger partial charge >= 0.3 is 0 Å². The molecule has 1 aromatic heterocycles. The van der Waals surface area contributed by atoms with Gasteiger partial charge in [-0.25, -0.2) is 4.98 Å². The third-order valence-corrected chi connectivity index (χ3v) is 8.94. The fourth-order valence-electron chi connectivity index (χ4n) is 7.33. The van der Waals surface area contributed by atoms with Crippen LogP contribution in [0.3, 0.4) is 0 Å². The standard InChI is InChI=1S/C37H27N3/c1-2-33-38-30-17-9-19-32-37(30)40(33)36-28(16-8-18-31(36)39(32)26-13-4-3-5-14-26)29-22-25-12-6-10-23-20-21-24-11-7-15-27(29)35(24)34(23)25/h3-11,13-22,35H,2,12H2,1H3. The summed E-state index contributed by atoms with van der Waals surface area (Å²) in [5.74, 6) is 1.39. The molecule has 0 bridgehead atoms. The van der Waals surface area contributed by atoms with Crippen molar-refractivity contribution >= 4 is 33.7 Å². The van der Waals surface area contributed by atoms with Crippen LogP contribution in [0.15, 0.2) is 143 Å². The largest absolute Gasteiger partial charge is 0.306 e. The van der Waals surface area contributed by atoms with E-state index < -0.39 is 0 Å². The second-order valence-corrected chi connectivity index (χ2v) is 11.0. The van der Waals surface area contributed by atoms with Crippen LogP contribution in [0.2, 0.25) is 0 Å². The highest BCUT2D eigenvalue weighted by Crippen LogP contribution is 2.54. The highest BCUT2D eigenvalue weighted by atomic mass is 15.2. The number of nitrogens with zero attached hydrogens (tertiary/aromatic N) is 3. The number of para-hydroxylation sites is 3. The molecule has 190 valence electrons. The van der Waals surface area contributed by atoms with Crippen LogP contribution in [-0.2, 0) is 6.42 Å². The van der Waals surface area contributed by atoms with Crippen molar-refractivity contribution in [1.82, 2.24) is 9.55 Å². The van der Waals surface area contributed by atoms with Gasteiger partial charge in [-0.1, -0.05) is 91.9 Å². The molecule has 0 saturated heterocycles. The van der Waals surface area contributed by atoms with Crippen LogP contribution >= 0.6 is 0 Å². The van der Waals surface area contributed by atoms with Crippen LogP contribution in [0.4, 0.5) is 17.1 Å². The topological polar surface area (TPSA) is 21.1 Å². The van der Waals surface area contributed by atoms with Crippen LogP contribution in [0, 0.1) is 5.92 Å². The third-order valence-electron chi connectivity index (χ3n) is 8.94. The van der Waals surface area contributed by atoms with Gasteiger partial charge in [0.1, 0.15) is 5.82 Å². The molecule has 0 radical (unpaired) electrons. The Labute approximate surface area is 233 Å². The number of allylic oxidation sites excluding steroid dienone is 14. The SMILES string of the molecule is CCc1nc2cccc3c2n1-c1c(C2=CC4=C5C(=CC=C6C=CC=C2C65)C=CC4)cccc1N3c1ccccc1. The van der Waals surface area contributed by atoms with Gasteiger partial charge in [0.2, 0.25) is 0 Å². The van der Waals surface area contributed by atoms with Gasteiger partial charge in [-0.05, 0) is 70.2 Å². The van der Waals surface area contributed by atoms with E-state index in [9.17, 15) is 0 Å². The lowest BCUT2D eigenvalue weighted by atomic mass is 9.66. The lowest BCUT2D eigenvalue weighted by Gasteiger charge is -2.39. The minimum Gasteiger partial charge on any atom is -0.306 e. The molecule has 0 amide bonds. The van der Waals surface area contributed by atoms with Crippen molar-refractivity contribution < 1.29 is 0 Å². The molecule has 40 heavy (non-hydrogen) atoms. The molecule has 0 saturated carbocycles. The van der Waals surface area contributed by atoms with Crippen LogP contribution in [-0.4, -0.2) is 9.55 Å². The number of anilines is 3. The number of benzene rings is 3. The predicted molar refractivity (Wildman–Crippen MR) is 164 cm³/mol.